The molecule has 0 bridgehead atoms. The van der Waals surface area contributed by atoms with E-state index in [9.17, 15) is 24.8 Å². The standard InChI is InChI=1S/C13H11N3O5/c17-8-10-7-15(5-4-12(18)19)14-13(10)9-2-1-3-11(6-9)16(20)21/h1-3,6-8H,4-5H2,(H,18,19)/p-1. The lowest BCUT2D eigenvalue weighted by molar-refractivity contribution is -0.384. The van der Waals surface area contributed by atoms with Gasteiger partial charge in [0.15, 0.2) is 6.29 Å². The molecule has 0 saturated heterocycles. The lowest BCUT2D eigenvalue weighted by Gasteiger charge is -2.02. The summed E-state index contributed by atoms with van der Waals surface area (Å²) in [5, 5.41) is 25.3. The van der Waals surface area contributed by atoms with Crippen LogP contribution in [0.3, 0.4) is 0 Å². The number of carbonyl (C=O) groups is 2. The molecule has 0 unspecified atom stereocenters. The van der Waals surface area contributed by atoms with E-state index in [-0.39, 0.29) is 29.9 Å². The Morgan fingerprint density at radius 1 is 1.43 bits per heavy atom. The Morgan fingerprint density at radius 2 is 2.19 bits per heavy atom. The number of aryl methyl sites for hydroxylation is 1. The topological polar surface area (TPSA) is 118 Å². The number of aldehydes is 1. The Labute approximate surface area is 118 Å². The van der Waals surface area contributed by atoms with Gasteiger partial charge in [0.25, 0.3) is 5.69 Å². The summed E-state index contributed by atoms with van der Waals surface area (Å²) in [6.07, 6.45) is 1.72. The summed E-state index contributed by atoms with van der Waals surface area (Å²) in [6.45, 7) is 0.0537. The lowest BCUT2D eigenvalue weighted by Crippen LogP contribution is -2.23. The average Bonchev–Trinajstić information content (AvgIpc) is 2.88. The molecule has 1 heterocycles. The molecule has 0 saturated carbocycles. The van der Waals surface area contributed by atoms with Gasteiger partial charge >= 0.3 is 0 Å². The molecule has 0 fully saturated rings. The van der Waals surface area contributed by atoms with Crippen LogP contribution in [-0.2, 0) is 11.3 Å². The number of benzene rings is 1. The van der Waals surface area contributed by atoms with E-state index in [4.69, 9.17) is 0 Å². The van der Waals surface area contributed by atoms with Crippen LogP contribution in [0.2, 0.25) is 0 Å². The van der Waals surface area contributed by atoms with E-state index >= 15 is 0 Å². The number of aromatic nitrogens is 2. The second-order valence-electron chi connectivity index (χ2n) is 4.24. The van der Waals surface area contributed by atoms with Crippen molar-refractivity contribution in [2.45, 2.75) is 13.0 Å². The Bertz CT molecular complexity index is 708. The number of non-ortho nitro benzene ring substituents is 1. The van der Waals surface area contributed by atoms with Crippen molar-refractivity contribution in [1.82, 2.24) is 9.78 Å². The number of carboxylic acids is 1. The molecule has 21 heavy (non-hydrogen) atoms. The van der Waals surface area contributed by atoms with Crippen molar-refractivity contribution in [2.24, 2.45) is 0 Å². The highest BCUT2D eigenvalue weighted by atomic mass is 16.6. The number of aliphatic carboxylic acids is 1. The zero-order valence-electron chi connectivity index (χ0n) is 10.8. The summed E-state index contributed by atoms with van der Waals surface area (Å²) < 4.78 is 1.30. The monoisotopic (exact) mass is 288 g/mol. The van der Waals surface area contributed by atoms with E-state index in [0.717, 1.165) is 0 Å². The van der Waals surface area contributed by atoms with Gasteiger partial charge in [0.2, 0.25) is 0 Å². The van der Waals surface area contributed by atoms with E-state index < -0.39 is 10.9 Å². The maximum atomic E-state index is 11.1. The number of hydrogen-bond acceptors (Lipinski definition) is 6. The molecule has 8 nitrogen and oxygen atoms in total. The normalized spacial score (nSPS) is 10.3. The Hall–Kier alpha value is -3.03. The Kier molecular flexibility index (Phi) is 4.07. The van der Waals surface area contributed by atoms with Crippen molar-refractivity contribution in [3.05, 3.63) is 46.1 Å². The fourth-order valence-electron chi connectivity index (χ4n) is 1.83. The molecular formula is C13H10N3O5-. The predicted octanol–water partition coefficient (Wildman–Crippen LogP) is 0.411. The number of carbonyl (C=O) groups excluding carboxylic acids is 2. The van der Waals surface area contributed by atoms with Crippen molar-refractivity contribution in [3.63, 3.8) is 0 Å². The van der Waals surface area contributed by atoms with Crippen LogP contribution in [0.25, 0.3) is 11.3 Å². The highest BCUT2D eigenvalue weighted by molar-refractivity contribution is 5.85. The summed E-state index contributed by atoms with van der Waals surface area (Å²) >= 11 is 0. The number of rotatable bonds is 6. The molecule has 0 N–H and O–H groups in total. The minimum atomic E-state index is -1.23. The van der Waals surface area contributed by atoms with E-state index in [1.165, 1.54) is 29.1 Å². The quantitative estimate of drug-likeness (QED) is 0.431. The van der Waals surface area contributed by atoms with Crippen molar-refractivity contribution < 1.29 is 19.6 Å². The van der Waals surface area contributed by atoms with Gasteiger partial charge in [0.05, 0.1) is 10.5 Å². The van der Waals surface area contributed by atoms with Crippen LogP contribution in [0, 0.1) is 10.1 Å². The highest BCUT2D eigenvalue weighted by Gasteiger charge is 2.14. The van der Waals surface area contributed by atoms with Gasteiger partial charge in [-0.25, -0.2) is 0 Å². The zero-order valence-corrected chi connectivity index (χ0v) is 10.8. The molecule has 1 aromatic carbocycles. The van der Waals surface area contributed by atoms with Gasteiger partial charge in [-0.3, -0.25) is 19.6 Å². The van der Waals surface area contributed by atoms with Gasteiger partial charge in [-0.15, -0.1) is 0 Å². The first-order chi connectivity index (χ1) is 10.0. The smallest absolute Gasteiger partial charge is 0.270 e. The zero-order chi connectivity index (χ0) is 15.4. The van der Waals surface area contributed by atoms with Crippen molar-refractivity contribution in [3.8, 4) is 11.3 Å². The molecule has 1 aromatic heterocycles. The van der Waals surface area contributed by atoms with Crippen molar-refractivity contribution in [2.75, 3.05) is 0 Å². The number of carboxylic acid groups (broad SMARTS) is 1. The molecule has 0 aliphatic heterocycles. The first-order valence-corrected chi connectivity index (χ1v) is 5.98. The van der Waals surface area contributed by atoms with Gasteiger partial charge < -0.3 is 9.90 Å². The molecule has 8 heteroatoms. The van der Waals surface area contributed by atoms with E-state index in [0.29, 0.717) is 11.8 Å². The second kappa shape index (κ2) is 5.95. The molecular weight excluding hydrogens is 278 g/mol. The summed E-state index contributed by atoms with van der Waals surface area (Å²) in [5.74, 6) is -1.23. The summed E-state index contributed by atoms with van der Waals surface area (Å²) in [6, 6.07) is 5.71. The molecule has 2 rings (SSSR count). The van der Waals surface area contributed by atoms with E-state index in [1.54, 1.807) is 6.07 Å². The van der Waals surface area contributed by atoms with Crippen LogP contribution >= 0.6 is 0 Å². The Balaban J connectivity index is 2.38. The van der Waals surface area contributed by atoms with Gasteiger partial charge in [0, 0.05) is 42.8 Å². The molecule has 108 valence electrons. The number of nitro groups is 1. The summed E-state index contributed by atoms with van der Waals surface area (Å²) in [7, 11) is 0. The lowest BCUT2D eigenvalue weighted by atomic mass is 10.1. The van der Waals surface area contributed by atoms with Crippen LogP contribution in [0.5, 0.6) is 0 Å². The summed E-state index contributed by atoms with van der Waals surface area (Å²) in [4.78, 5) is 31.7. The second-order valence-corrected chi connectivity index (χ2v) is 4.24. The van der Waals surface area contributed by atoms with Crippen LogP contribution in [0.4, 0.5) is 5.69 Å². The molecule has 0 aliphatic rings. The fourth-order valence-corrected chi connectivity index (χ4v) is 1.83. The third kappa shape index (κ3) is 3.30. The van der Waals surface area contributed by atoms with Crippen LogP contribution < -0.4 is 5.11 Å². The molecule has 0 spiro atoms. The van der Waals surface area contributed by atoms with Crippen molar-refractivity contribution >= 4 is 17.9 Å². The predicted molar refractivity (Wildman–Crippen MR) is 69.3 cm³/mol. The third-order valence-corrected chi connectivity index (χ3v) is 2.79. The van der Waals surface area contributed by atoms with E-state index in [2.05, 4.69) is 5.10 Å². The van der Waals surface area contributed by atoms with Crippen LogP contribution in [-0.4, -0.2) is 27.0 Å². The molecule has 0 atom stereocenters. The number of hydrogen-bond donors (Lipinski definition) is 0. The van der Waals surface area contributed by atoms with Gasteiger partial charge in [0.1, 0.15) is 5.69 Å². The molecule has 0 amide bonds. The van der Waals surface area contributed by atoms with E-state index in [1.807, 2.05) is 0 Å². The minimum absolute atomic E-state index is 0.0537. The highest BCUT2D eigenvalue weighted by Crippen LogP contribution is 2.24. The van der Waals surface area contributed by atoms with Crippen molar-refractivity contribution in [1.29, 1.82) is 0 Å². The summed E-state index contributed by atoms with van der Waals surface area (Å²) in [5.41, 5.74) is 0.799. The van der Waals surface area contributed by atoms with Crippen LogP contribution in [0.1, 0.15) is 16.8 Å². The van der Waals surface area contributed by atoms with Gasteiger partial charge in [-0.2, -0.15) is 5.10 Å². The number of nitrogens with zero attached hydrogens (tertiary/aromatic N) is 3. The largest absolute Gasteiger partial charge is 0.550 e. The number of nitro benzene ring substituents is 1. The third-order valence-electron chi connectivity index (χ3n) is 2.79. The Morgan fingerprint density at radius 3 is 2.81 bits per heavy atom. The maximum Gasteiger partial charge on any atom is 0.270 e. The average molecular weight is 288 g/mol. The van der Waals surface area contributed by atoms with Gasteiger partial charge in [-0.1, -0.05) is 12.1 Å². The first kappa shape index (κ1) is 14.4. The molecule has 0 radical (unpaired) electrons. The maximum absolute atomic E-state index is 11.1. The molecule has 0 aliphatic carbocycles. The minimum Gasteiger partial charge on any atom is -0.550 e. The SMILES string of the molecule is O=Cc1cn(CCC(=O)[O-])nc1-c1cccc([N+](=O)[O-])c1. The van der Waals surface area contributed by atoms with Gasteiger partial charge in [-0.05, 0) is 0 Å². The fraction of sp³-hybridized carbons (Fsp3) is 0.154. The van der Waals surface area contributed by atoms with Crippen LogP contribution in [0.15, 0.2) is 30.5 Å². The first-order valence-electron chi connectivity index (χ1n) is 5.98. The molecule has 2 aromatic rings.